The first-order valence-corrected chi connectivity index (χ1v) is 7.72. The predicted molar refractivity (Wildman–Crippen MR) is 80.0 cm³/mol. The Labute approximate surface area is 119 Å². The maximum atomic E-state index is 5.65. The van der Waals surface area contributed by atoms with E-state index in [9.17, 15) is 0 Å². The van der Waals surface area contributed by atoms with Crippen LogP contribution >= 0.6 is 0 Å². The van der Waals surface area contributed by atoms with Crippen molar-refractivity contribution < 1.29 is 4.42 Å². The van der Waals surface area contributed by atoms with Gasteiger partial charge in [-0.05, 0) is 37.5 Å². The molecular formula is C16H21N3O. The second-order valence-electron chi connectivity index (χ2n) is 6.00. The second kappa shape index (κ2) is 4.77. The number of rotatable bonds is 4. The van der Waals surface area contributed by atoms with Gasteiger partial charge in [0.25, 0.3) is 0 Å². The molecule has 1 aliphatic heterocycles. The zero-order chi connectivity index (χ0) is 13.5. The summed E-state index contributed by atoms with van der Waals surface area (Å²) in [5.41, 5.74) is 3.01. The van der Waals surface area contributed by atoms with E-state index < -0.39 is 0 Å². The fourth-order valence-electron chi connectivity index (χ4n) is 3.13. The lowest BCUT2D eigenvalue weighted by Gasteiger charge is -2.16. The zero-order valence-electron chi connectivity index (χ0n) is 11.9. The summed E-state index contributed by atoms with van der Waals surface area (Å²) in [6, 6.07) is 7.69. The van der Waals surface area contributed by atoms with Crippen LogP contribution in [-0.4, -0.2) is 35.1 Å². The van der Waals surface area contributed by atoms with Crippen molar-refractivity contribution in [3.8, 4) is 0 Å². The Morgan fingerprint density at radius 3 is 3.05 bits per heavy atom. The van der Waals surface area contributed by atoms with E-state index in [0.29, 0.717) is 6.04 Å². The summed E-state index contributed by atoms with van der Waals surface area (Å²) < 4.78 is 5.65. The van der Waals surface area contributed by atoms with Crippen molar-refractivity contribution >= 4 is 16.8 Å². The smallest absolute Gasteiger partial charge is 0.195 e. The van der Waals surface area contributed by atoms with Gasteiger partial charge in [0, 0.05) is 37.3 Å². The van der Waals surface area contributed by atoms with Crippen LogP contribution in [0.15, 0.2) is 22.6 Å². The lowest BCUT2D eigenvalue weighted by Crippen LogP contribution is -2.27. The summed E-state index contributed by atoms with van der Waals surface area (Å²) >= 11 is 0. The van der Waals surface area contributed by atoms with Crippen molar-refractivity contribution in [2.75, 3.05) is 18.4 Å². The molecule has 2 fully saturated rings. The third kappa shape index (κ3) is 2.29. The SMILES string of the molecule is CCc1nc2cc(NC3CCN(C4CC4)C3)ccc2o1. The Morgan fingerprint density at radius 2 is 2.25 bits per heavy atom. The van der Waals surface area contributed by atoms with Crippen LogP contribution in [0, 0.1) is 0 Å². The Hall–Kier alpha value is -1.55. The van der Waals surface area contributed by atoms with E-state index >= 15 is 0 Å². The summed E-state index contributed by atoms with van der Waals surface area (Å²) in [4.78, 5) is 7.13. The van der Waals surface area contributed by atoms with Crippen LogP contribution in [0.4, 0.5) is 5.69 Å². The maximum Gasteiger partial charge on any atom is 0.195 e. The Balaban J connectivity index is 1.48. The standard InChI is InChI=1S/C16H21N3O/c1-2-16-18-14-9-11(3-6-15(14)20-16)17-12-7-8-19(10-12)13-4-5-13/h3,6,9,12-13,17H,2,4-5,7-8,10H2,1H3. The molecule has 0 spiro atoms. The highest BCUT2D eigenvalue weighted by Gasteiger charge is 2.34. The van der Waals surface area contributed by atoms with Gasteiger partial charge in [0.15, 0.2) is 11.5 Å². The van der Waals surface area contributed by atoms with Gasteiger partial charge in [-0.25, -0.2) is 4.98 Å². The minimum atomic E-state index is 0.575. The number of hydrogen-bond acceptors (Lipinski definition) is 4. The minimum absolute atomic E-state index is 0.575. The van der Waals surface area contributed by atoms with Crippen LogP contribution in [-0.2, 0) is 6.42 Å². The first-order valence-electron chi connectivity index (χ1n) is 7.72. The molecule has 1 aromatic heterocycles. The second-order valence-corrected chi connectivity index (χ2v) is 6.00. The Kier molecular flexibility index (Phi) is 2.91. The molecule has 4 nitrogen and oxygen atoms in total. The van der Waals surface area contributed by atoms with Crippen molar-refractivity contribution in [2.45, 2.75) is 44.7 Å². The van der Waals surface area contributed by atoms with E-state index in [4.69, 9.17) is 4.42 Å². The van der Waals surface area contributed by atoms with Crippen LogP contribution < -0.4 is 5.32 Å². The molecule has 2 aliphatic rings. The lowest BCUT2D eigenvalue weighted by molar-refractivity contribution is 0.326. The molecule has 20 heavy (non-hydrogen) atoms. The number of aromatic nitrogens is 1. The number of fused-ring (bicyclic) bond motifs is 1. The number of hydrogen-bond donors (Lipinski definition) is 1. The number of likely N-dealkylation sites (tertiary alicyclic amines) is 1. The fourth-order valence-corrected chi connectivity index (χ4v) is 3.13. The molecule has 4 heteroatoms. The molecule has 4 rings (SSSR count). The molecule has 0 bridgehead atoms. The highest BCUT2D eigenvalue weighted by molar-refractivity contribution is 5.77. The average molecular weight is 271 g/mol. The molecule has 1 saturated carbocycles. The van der Waals surface area contributed by atoms with E-state index in [1.807, 2.05) is 6.07 Å². The molecule has 1 unspecified atom stereocenters. The van der Waals surface area contributed by atoms with Crippen LogP contribution in [0.2, 0.25) is 0 Å². The maximum absolute atomic E-state index is 5.65. The van der Waals surface area contributed by atoms with Crippen molar-refractivity contribution in [3.05, 3.63) is 24.1 Å². The van der Waals surface area contributed by atoms with Gasteiger partial charge in [0.2, 0.25) is 0 Å². The van der Waals surface area contributed by atoms with Gasteiger partial charge in [-0.2, -0.15) is 0 Å². The molecule has 1 N–H and O–H groups in total. The van der Waals surface area contributed by atoms with Gasteiger partial charge >= 0.3 is 0 Å². The Bertz CT molecular complexity index is 617. The van der Waals surface area contributed by atoms with Gasteiger partial charge in [0.1, 0.15) is 5.52 Å². The van der Waals surface area contributed by atoms with E-state index in [1.54, 1.807) is 0 Å². The van der Waals surface area contributed by atoms with Gasteiger partial charge in [0.05, 0.1) is 0 Å². The van der Waals surface area contributed by atoms with Gasteiger partial charge < -0.3 is 9.73 Å². The monoisotopic (exact) mass is 271 g/mol. The zero-order valence-corrected chi connectivity index (χ0v) is 11.9. The third-order valence-corrected chi connectivity index (χ3v) is 4.39. The average Bonchev–Trinajstić information content (AvgIpc) is 3.07. The van der Waals surface area contributed by atoms with Gasteiger partial charge in [-0.1, -0.05) is 6.92 Å². The molecule has 0 amide bonds. The number of nitrogens with zero attached hydrogens (tertiary/aromatic N) is 2. The minimum Gasteiger partial charge on any atom is -0.441 e. The third-order valence-electron chi connectivity index (χ3n) is 4.39. The highest BCUT2D eigenvalue weighted by Crippen LogP contribution is 2.31. The van der Waals surface area contributed by atoms with Crippen LogP contribution in [0.5, 0.6) is 0 Å². The summed E-state index contributed by atoms with van der Waals surface area (Å²) in [6.45, 7) is 4.49. The molecule has 1 atom stereocenters. The van der Waals surface area contributed by atoms with Crippen molar-refractivity contribution in [1.29, 1.82) is 0 Å². The number of benzene rings is 1. The first kappa shape index (κ1) is 12.2. The summed E-state index contributed by atoms with van der Waals surface area (Å²) in [6.07, 6.45) is 4.89. The van der Waals surface area contributed by atoms with Crippen molar-refractivity contribution in [2.24, 2.45) is 0 Å². The number of oxazole rings is 1. The van der Waals surface area contributed by atoms with Crippen LogP contribution in [0.25, 0.3) is 11.1 Å². The summed E-state index contributed by atoms with van der Waals surface area (Å²) in [7, 11) is 0. The van der Waals surface area contributed by atoms with Gasteiger partial charge in [-0.3, -0.25) is 4.90 Å². The summed E-state index contributed by atoms with van der Waals surface area (Å²) in [5, 5.41) is 3.65. The topological polar surface area (TPSA) is 41.3 Å². The molecular weight excluding hydrogens is 250 g/mol. The molecule has 1 aromatic carbocycles. The largest absolute Gasteiger partial charge is 0.441 e. The van der Waals surface area contributed by atoms with E-state index in [2.05, 4.69) is 34.3 Å². The molecule has 1 saturated heterocycles. The first-order chi connectivity index (χ1) is 9.81. The lowest BCUT2D eigenvalue weighted by atomic mass is 10.2. The van der Waals surface area contributed by atoms with E-state index in [0.717, 1.165) is 35.1 Å². The van der Waals surface area contributed by atoms with Gasteiger partial charge in [-0.15, -0.1) is 0 Å². The molecule has 106 valence electrons. The molecule has 0 radical (unpaired) electrons. The van der Waals surface area contributed by atoms with Crippen LogP contribution in [0.3, 0.4) is 0 Å². The molecule has 2 heterocycles. The number of anilines is 1. The van der Waals surface area contributed by atoms with Crippen molar-refractivity contribution in [3.63, 3.8) is 0 Å². The Morgan fingerprint density at radius 1 is 1.35 bits per heavy atom. The quantitative estimate of drug-likeness (QED) is 0.928. The number of nitrogens with one attached hydrogen (secondary N) is 1. The number of aryl methyl sites for hydroxylation is 1. The van der Waals surface area contributed by atoms with E-state index in [-0.39, 0.29) is 0 Å². The molecule has 2 aromatic rings. The predicted octanol–water partition coefficient (Wildman–Crippen LogP) is 3.04. The molecule has 1 aliphatic carbocycles. The fraction of sp³-hybridized carbons (Fsp3) is 0.562. The van der Waals surface area contributed by atoms with Crippen molar-refractivity contribution in [1.82, 2.24) is 9.88 Å². The van der Waals surface area contributed by atoms with Crippen LogP contribution in [0.1, 0.15) is 32.1 Å². The summed E-state index contributed by atoms with van der Waals surface area (Å²) in [5.74, 6) is 0.818. The highest BCUT2D eigenvalue weighted by atomic mass is 16.3. The van der Waals surface area contributed by atoms with E-state index in [1.165, 1.54) is 32.4 Å². The normalized spacial score (nSPS) is 23.6.